The van der Waals surface area contributed by atoms with E-state index in [0.717, 1.165) is 6.42 Å². The fourth-order valence-corrected chi connectivity index (χ4v) is 1.78. The Labute approximate surface area is 72.0 Å². The summed E-state index contributed by atoms with van der Waals surface area (Å²) in [5, 5.41) is 7.73. The van der Waals surface area contributed by atoms with E-state index >= 15 is 0 Å². The Balaban J connectivity index is 2.55. The van der Waals surface area contributed by atoms with Gasteiger partial charge in [0.1, 0.15) is 0 Å². The van der Waals surface area contributed by atoms with E-state index in [-0.39, 0.29) is 11.5 Å². The third kappa shape index (κ3) is 0.862. The zero-order valence-electron chi connectivity index (χ0n) is 7.41. The van der Waals surface area contributed by atoms with Crippen LogP contribution < -0.4 is 5.73 Å². The molecule has 0 saturated carbocycles. The zero-order chi connectivity index (χ0) is 8.77. The maximum absolute atomic E-state index is 6.01. The van der Waals surface area contributed by atoms with Gasteiger partial charge in [-0.1, -0.05) is 13.8 Å². The van der Waals surface area contributed by atoms with Gasteiger partial charge in [-0.3, -0.25) is 0 Å². The van der Waals surface area contributed by atoms with Gasteiger partial charge in [-0.15, -0.1) is 0 Å². The van der Waals surface area contributed by atoms with Crippen LogP contribution in [0.2, 0.25) is 0 Å². The summed E-state index contributed by atoms with van der Waals surface area (Å²) in [7, 11) is 0. The van der Waals surface area contributed by atoms with Gasteiger partial charge in [0.15, 0.2) is 0 Å². The summed E-state index contributed by atoms with van der Waals surface area (Å²) in [4.78, 5) is 0. The second-order valence-corrected chi connectivity index (χ2v) is 3.96. The highest BCUT2D eigenvalue weighted by atomic mass is 15.1. The van der Waals surface area contributed by atoms with Crippen LogP contribution in [0.15, 0.2) is 12.4 Å². The highest BCUT2D eigenvalue weighted by Gasteiger charge is 2.37. The normalized spacial score (nSPS) is 25.4. The van der Waals surface area contributed by atoms with Gasteiger partial charge in [0, 0.05) is 11.5 Å². The van der Waals surface area contributed by atoms with Crippen molar-refractivity contribution in [2.24, 2.45) is 5.73 Å². The number of aromatic nitrogens is 2. The van der Waals surface area contributed by atoms with Gasteiger partial charge in [-0.25, -0.2) is 0 Å². The molecule has 0 amide bonds. The lowest BCUT2D eigenvalue weighted by Gasteiger charge is -2.24. The Morgan fingerprint density at radius 2 is 2.08 bits per heavy atom. The Bertz CT molecular complexity index is 306. The van der Waals surface area contributed by atoms with Crippen LogP contribution in [0.1, 0.15) is 25.0 Å². The van der Waals surface area contributed by atoms with Crippen LogP contribution in [0, 0.1) is 0 Å². The van der Waals surface area contributed by atoms with Gasteiger partial charge >= 0.3 is 0 Å². The van der Waals surface area contributed by atoms with Gasteiger partial charge in [0.25, 0.3) is 0 Å². The molecular formula is C9H13N3. The molecule has 1 aromatic heterocycles. The SMILES string of the molecule is CC1(C)c2cnncc2C[C@H]1N. The summed E-state index contributed by atoms with van der Waals surface area (Å²) in [5.41, 5.74) is 8.57. The Morgan fingerprint density at radius 3 is 2.75 bits per heavy atom. The maximum Gasteiger partial charge on any atom is 0.0537 e. The molecular weight excluding hydrogens is 150 g/mol. The van der Waals surface area contributed by atoms with E-state index in [1.165, 1.54) is 11.1 Å². The Kier molecular flexibility index (Phi) is 1.45. The summed E-state index contributed by atoms with van der Waals surface area (Å²) >= 11 is 0. The number of hydrogen-bond acceptors (Lipinski definition) is 3. The molecule has 0 unspecified atom stereocenters. The molecule has 64 valence electrons. The molecule has 1 aliphatic rings. The molecule has 2 N–H and O–H groups in total. The van der Waals surface area contributed by atoms with Crippen LogP contribution in [0.3, 0.4) is 0 Å². The molecule has 0 aliphatic heterocycles. The lowest BCUT2D eigenvalue weighted by Crippen LogP contribution is -2.37. The van der Waals surface area contributed by atoms with Crippen LogP contribution in [0.25, 0.3) is 0 Å². The van der Waals surface area contributed by atoms with Gasteiger partial charge in [-0.2, -0.15) is 10.2 Å². The van der Waals surface area contributed by atoms with E-state index in [0.29, 0.717) is 0 Å². The zero-order valence-corrected chi connectivity index (χ0v) is 7.41. The average Bonchev–Trinajstić information content (AvgIpc) is 2.25. The summed E-state index contributed by atoms with van der Waals surface area (Å²) in [6.07, 6.45) is 4.59. The van der Waals surface area contributed by atoms with E-state index in [2.05, 4.69) is 24.0 Å². The van der Waals surface area contributed by atoms with Crippen LogP contribution >= 0.6 is 0 Å². The predicted octanol–water partition coefficient (Wildman–Crippen LogP) is 0.638. The summed E-state index contributed by atoms with van der Waals surface area (Å²) in [6, 6.07) is 0.207. The second kappa shape index (κ2) is 2.26. The summed E-state index contributed by atoms with van der Waals surface area (Å²) in [5.74, 6) is 0. The molecule has 2 rings (SSSR count). The standard InChI is InChI=1S/C9H13N3/c1-9(2)7-5-12-11-4-6(7)3-8(9)10/h4-5,8H,3,10H2,1-2H3/t8-/m1/s1. The van der Waals surface area contributed by atoms with Crippen molar-refractivity contribution in [1.29, 1.82) is 0 Å². The van der Waals surface area contributed by atoms with Crippen LogP contribution in [-0.4, -0.2) is 16.2 Å². The third-order valence-electron chi connectivity index (χ3n) is 2.87. The molecule has 12 heavy (non-hydrogen) atoms. The molecule has 3 nitrogen and oxygen atoms in total. The molecule has 0 saturated heterocycles. The summed E-state index contributed by atoms with van der Waals surface area (Å²) in [6.45, 7) is 4.32. The largest absolute Gasteiger partial charge is 0.327 e. The number of nitrogens with two attached hydrogens (primary N) is 1. The van der Waals surface area contributed by atoms with E-state index in [9.17, 15) is 0 Å². The fourth-order valence-electron chi connectivity index (χ4n) is 1.78. The molecule has 3 heteroatoms. The van der Waals surface area contributed by atoms with Gasteiger partial charge in [-0.05, 0) is 17.5 Å². The van der Waals surface area contributed by atoms with E-state index in [1.54, 1.807) is 0 Å². The molecule has 1 heterocycles. The van der Waals surface area contributed by atoms with Crippen molar-refractivity contribution in [3.8, 4) is 0 Å². The minimum atomic E-state index is 0.0608. The Hall–Kier alpha value is -0.960. The minimum absolute atomic E-state index is 0.0608. The first-order valence-corrected chi connectivity index (χ1v) is 4.18. The smallest absolute Gasteiger partial charge is 0.0537 e. The monoisotopic (exact) mass is 163 g/mol. The van der Waals surface area contributed by atoms with Crippen molar-refractivity contribution in [3.05, 3.63) is 23.5 Å². The van der Waals surface area contributed by atoms with Crippen LogP contribution in [0.5, 0.6) is 0 Å². The van der Waals surface area contributed by atoms with E-state index in [4.69, 9.17) is 5.73 Å². The number of fused-ring (bicyclic) bond motifs is 1. The molecule has 1 atom stereocenters. The first-order chi connectivity index (χ1) is 5.62. The quantitative estimate of drug-likeness (QED) is 0.610. The highest BCUT2D eigenvalue weighted by Crippen LogP contribution is 2.36. The van der Waals surface area contributed by atoms with Crippen molar-refractivity contribution in [3.63, 3.8) is 0 Å². The molecule has 0 radical (unpaired) electrons. The van der Waals surface area contributed by atoms with Gasteiger partial charge < -0.3 is 5.73 Å². The molecule has 1 aliphatic carbocycles. The van der Waals surface area contributed by atoms with Crippen molar-refractivity contribution in [2.75, 3.05) is 0 Å². The average molecular weight is 163 g/mol. The fraction of sp³-hybridized carbons (Fsp3) is 0.556. The van der Waals surface area contributed by atoms with Crippen molar-refractivity contribution in [2.45, 2.75) is 31.7 Å². The second-order valence-electron chi connectivity index (χ2n) is 3.96. The first kappa shape index (κ1) is 7.68. The lowest BCUT2D eigenvalue weighted by molar-refractivity contribution is 0.444. The van der Waals surface area contributed by atoms with Gasteiger partial charge in [0.05, 0.1) is 12.4 Å². The van der Waals surface area contributed by atoms with Gasteiger partial charge in [0.2, 0.25) is 0 Å². The number of hydrogen-bond donors (Lipinski definition) is 1. The topological polar surface area (TPSA) is 51.8 Å². The molecule has 1 aromatic rings. The van der Waals surface area contributed by atoms with Crippen LogP contribution in [-0.2, 0) is 11.8 Å². The van der Waals surface area contributed by atoms with Crippen molar-refractivity contribution in [1.82, 2.24) is 10.2 Å². The predicted molar refractivity (Wildman–Crippen MR) is 46.7 cm³/mol. The Morgan fingerprint density at radius 1 is 1.42 bits per heavy atom. The molecule has 0 fully saturated rings. The molecule has 0 bridgehead atoms. The molecule has 0 aromatic carbocycles. The number of rotatable bonds is 0. The van der Waals surface area contributed by atoms with Crippen LogP contribution in [0.4, 0.5) is 0 Å². The van der Waals surface area contributed by atoms with Crippen molar-refractivity contribution < 1.29 is 0 Å². The maximum atomic E-state index is 6.01. The lowest BCUT2D eigenvalue weighted by atomic mass is 9.84. The minimum Gasteiger partial charge on any atom is -0.327 e. The highest BCUT2D eigenvalue weighted by molar-refractivity contribution is 5.37. The van der Waals surface area contributed by atoms with E-state index in [1.807, 2.05) is 12.4 Å². The molecule has 0 spiro atoms. The van der Waals surface area contributed by atoms with E-state index < -0.39 is 0 Å². The number of nitrogens with zero attached hydrogens (tertiary/aromatic N) is 2. The third-order valence-corrected chi connectivity index (χ3v) is 2.87. The first-order valence-electron chi connectivity index (χ1n) is 4.18. The van der Waals surface area contributed by atoms with Crippen molar-refractivity contribution >= 4 is 0 Å². The summed E-state index contributed by atoms with van der Waals surface area (Å²) < 4.78 is 0.